The molecule has 0 bridgehead atoms. The van der Waals surface area contributed by atoms with E-state index in [2.05, 4.69) is 15.3 Å². The van der Waals surface area contributed by atoms with E-state index in [1.807, 2.05) is 52.0 Å². The number of benzene rings is 1. The van der Waals surface area contributed by atoms with Gasteiger partial charge in [-0.2, -0.15) is 0 Å². The van der Waals surface area contributed by atoms with Crippen LogP contribution >= 0.6 is 11.3 Å². The van der Waals surface area contributed by atoms with Crippen LogP contribution in [0.15, 0.2) is 24.3 Å². The summed E-state index contributed by atoms with van der Waals surface area (Å²) in [7, 11) is 0. The van der Waals surface area contributed by atoms with Gasteiger partial charge in [0.25, 0.3) is 5.91 Å². The molecule has 6 heteroatoms. The number of rotatable bonds is 5. The van der Waals surface area contributed by atoms with Gasteiger partial charge >= 0.3 is 0 Å². The van der Waals surface area contributed by atoms with Crippen LogP contribution in [-0.2, 0) is 0 Å². The molecule has 0 aliphatic carbocycles. The van der Waals surface area contributed by atoms with Crippen LogP contribution in [0.1, 0.15) is 40.1 Å². The van der Waals surface area contributed by atoms with E-state index in [0.29, 0.717) is 22.9 Å². The van der Waals surface area contributed by atoms with Crippen molar-refractivity contribution < 1.29 is 9.53 Å². The lowest BCUT2D eigenvalue weighted by molar-refractivity contribution is 0.102. The lowest BCUT2D eigenvalue weighted by Gasteiger charge is -2.11. The van der Waals surface area contributed by atoms with Gasteiger partial charge in [-0.1, -0.05) is 19.1 Å². The number of carbonyl (C=O) groups is 1. The van der Waals surface area contributed by atoms with Gasteiger partial charge in [-0.25, -0.2) is 9.97 Å². The standard InChI is InChI=1S/C19H21N3O2S/c1-5-10-24-15-9-7-6-8-14(15)22-18(23)17-11(2)16-12(3)20-13(4)21-19(16)25-17/h6-9H,5,10H2,1-4H3,(H,22,23). The molecule has 1 amide bonds. The number of anilines is 1. The second-order valence-corrected chi connectivity index (χ2v) is 6.89. The summed E-state index contributed by atoms with van der Waals surface area (Å²) in [6.07, 6.45) is 0.912. The molecule has 5 nitrogen and oxygen atoms in total. The number of thiophene rings is 1. The number of aromatic nitrogens is 2. The molecule has 0 fully saturated rings. The first-order valence-corrected chi connectivity index (χ1v) is 9.10. The summed E-state index contributed by atoms with van der Waals surface area (Å²) in [5.41, 5.74) is 2.50. The normalized spacial score (nSPS) is 10.9. The van der Waals surface area contributed by atoms with Gasteiger partial charge in [0.1, 0.15) is 16.4 Å². The molecule has 130 valence electrons. The molecule has 0 aliphatic rings. The molecular weight excluding hydrogens is 334 g/mol. The molecule has 2 aromatic heterocycles. The van der Waals surface area contributed by atoms with Crippen molar-refractivity contribution in [2.75, 3.05) is 11.9 Å². The molecule has 0 atom stereocenters. The predicted octanol–water partition coefficient (Wildman–Crippen LogP) is 4.66. The summed E-state index contributed by atoms with van der Waals surface area (Å²) >= 11 is 1.40. The van der Waals surface area contributed by atoms with Crippen molar-refractivity contribution in [2.24, 2.45) is 0 Å². The number of ether oxygens (including phenoxy) is 1. The average Bonchev–Trinajstić information content (AvgIpc) is 2.91. The third-order valence-corrected chi connectivity index (χ3v) is 5.07. The van der Waals surface area contributed by atoms with Crippen molar-refractivity contribution in [2.45, 2.75) is 34.1 Å². The Morgan fingerprint density at radius 1 is 1.20 bits per heavy atom. The Kier molecular flexibility index (Phi) is 4.99. The van der Waals surface area contributed by atoms with Crippen molar-refractivity contribution >= 4 is 33.1 Å². The Morgan fingerprint density at radius 3 is 2.72 bits per heavy atom. The zero-order valence-corrected chi connectivity index (χ0v) is 15.7. The number of nitrogens with zero attached hydrogens (tertiary/aromatic N) is 2. The van der Waals surface area contributed by atoms with Crippen LogP contribution in [-0.4, -0.2) is 22.5 Å². The number of amides is 1. The van der Waals surface area contributed by atoms with Crippen LogP contribution in [0.25, 0.3) is 10.2 Å². The van der Waals surface area contributed by atoms with Gasteiger partial charge in [0.15, 0.2) is 0 Å². The van der Waals surface area contributed by atoms with Crippen LogP contribution in [0, 0.1) is 20.8 Å². The van der Waals surface area contributed by atoms with E-state index in [-0.39, 0.29) is 5.91 Å². The zero-order chi connectivity index (χ0) is 18.0. The van der Waals surface area contributed by atoms with Crippen molar-refractivity contribution in [3.63, 3.8) is 0 Å². The Balaban J connectivity index is 1.94. The first kappa shape index (κ1) is 17.4. The van der Waals surface area contributed by atoms with E-state index >= 15 is 0 Å². The molecule has 0 unspecified atom stereocenters. The lowest BCUT2D eigenvalue weighted by atomic mass is 10.1. The minimum atomic E-state index is -0.148. The number of hydrogen-bond donors (Lipinski definition) is 1. The maximum atomic E-state index is 12.8. The fraction of sp³-hybridized carbons (Fsp3) is 0.316. The monoisotopic (exact) mass is 355 g/mol. The van der Waals surface area contributed by atoms with Crippen LogP contribution in [0.3, 0.4) is 0 Å². The number of para-hydroxylation sites is 2. The highest BCUT2D eigenvalue weighted by molar-refractivity contribution is 7.20. The van der Waals surface area contributed by atoms with E-state index in [4.69, 9.17) is 4.74 Å². The summed E-state index contributed by atoms with van der Waals surface area (Å²) in [4.78, 5) is 23.2. The van der Waals surface area contributed by atoms with E-state index in [1.165, 1.54) is 11.3 Å². The van der Waals surface area contributed by atoms with E-state index in [0.717, 1.165) is 33.7 Å². The van der Waals surface area contributed by atoms with E-state index in [9.17, 15) is 4.79 Å². The molecule has 0 saturated heterocycles. The molecule has 1 N–H and O–H groups in total. The van der Waals surface area contributed by atoms with Crippen molar-refractivity contribution in [3.8, 4) is 5.75 Å². The number of carbonyl (C=O) groups excluding carboxylic acids is 1. The van der Waals surface area contributed by atoms with Crippen molar-refractivity contribution in [1.82, 2.24) is 9.97 Å². The molecule has 2 heterocycles. The highest BCUT2D eigenvalue weighted by Gasteiger charge is 2.19. The molecule has 3 aromatic rings. The highest BCUT2D eigenvalue weighted by atomic mass is 32.1. The van der Waals surface area contributed by atoms with Crippen molar-refractivity contribution in [1.29, 1.82) is 0 Å². The van der Waals surface area contributed by atoms with Crippen molar-refractivity contribution in [3.05, 3.63) is 46.2 Å². The molecule has 0 saturated carbocycles. The molecule has 0 radical (unpaired) electrons. The van der Waals surface area contributed by atoms with Crippen LogP contribution in [0.4, 0.5) is 5.69 Å². The Morgan fingerprint density at radius 2 is 1.96 bits per heavy atom. The molecular formula is C19H21N3O2S. The molecule has 0 spiro atoms. The van der Waals surface area contributed by atoms with Gasteiger partial charge in [-0.15, -0.1) is 11.3 Å². The quantitative estimate of drug-likeness (QED) is 0.723. The highest BCUT2D eigenvalue weighted by Crippen LogP contribution is 2.32. The maximum Gasteiger partial charge on any atom is 0.266 e. The van der Waals surface area contributed by atoms with Gasteiger partial charge in [0, 0.05) is 11.1 Å². The fourth-order valence-corrected chi connectivity index (χ4v) is 3.95. The van der Waals surface area contributed by atoms with Gasteiger partial charge in [0.05, 0.1) is 17.2 Å². The summed E-state index contributed by atoms with van der Waals surface area (Å²) in [5, 5.41) is 3.94. The van der Waals surface area contributed by atoms with Crippen LogP contribution in [0.2, 0.25) is 0 Å². The lowest BCUT2D eigenvalue weighted by Crippen LogP contribution is -2.12. The van der Waals surface area contributed by atoms with Gasteiger partial charge in [0.2, 0.25) is 0 Å². The second-order valence-electron chi connectivity index (χ2n) is 5.89. The van der Waals surface area contributed by atoms with E-state index in [1.54, 1.807) is 0 Å². The molecule has 1 aromatic carbocycles. The summed E-state index contributed by atoms with van der Waals surface area (Å²) < 4.78 is 5.71. The summed E-state index contributed by atoms with van der Waals surface area (Å²) in [5.74, 6) is 1.25. The number of nitrogens with one attached hydrogen (secondary N) is 1. The Hall–Kier alpha value is -2.47. The third-order valence-electron chi connectivity index (χ3n) is 3.89. The predicted molar refractivity (Wildman–Crippen MR) is 102 cm³/mol. The molecule has 0 aliphatic heterocycles. The Labute approximate surface area is 151 Å². The molecule has 25 heavy (non-hydrogen) atoms. The zero-order valence-electron chi connectivity index (χ0n) is 14.8. The van der Waals surface area contributed by atoms with Gasteiger partial charge < -0.3 is 10.1 Å². The minimum Gasteiger partial charge on any atom is -0.491 e. The number of hydrogen-bond acceptors (Lipinski definition) is 5. The van der Waals surface area contributed by atoms with Gasteiger partial charge in [-0.05, 0) is 44.9 Å². The van der Waals surface area contributed by atoms with Crippen LogP contribution in [0.5, 0.6) is 5.75 Å². The first-order valence-electron chi connectivity index (χ1n) is 8.28. The van der Waals surface area contributed by atoms with Gasteiger partial charge in [-0.3, -0.25) is 4.79 Å². The maximum absolute atomic E-state index is 12.8. The first-order chi connectivity index (χ1) is 12.0. The minimum absolute atomic E-state index is 0.148. The number of fused-ring (bicyclic) bond motifs is 1. The van der Waals surface area contributed by atoms with Crippen LogP contribution < -0.4 is 10.1 Å². The largest absolute Gasteiger partial charge is 0.491 e. The van der Waals surface area contributed by atoms with E-state index < -0.39 is 0 Å². The second kappa shape index (κ2) is 7.19. The topological polar surface area (TPSA) is 64.1 Å². The number of aryl methyl sites for hydroxylation is 3. The summed E-state index contributed by atoms with van der Waals surface area (Å²) in [6, 6.07) is 7.49. The fourth-order valence-electron chi connectivity index (χ4n) is 2.78. The average molecular weight is 355 g/mol. The SMILES string of the molecule is CCCOc1ccccc1NC(=O)c1sc2nc(C)nc(C)c2c1C. The Bertz CT molecular complexity index is 934. The smallest absolute Gasteiger partial charge is 0.266 e. The summed E-state index contributed by atoms with van der Waals surface area (Å²) in [6.45, 7) is 8.42. The molecule has 3 rings (SSSR count). The third kappa shape index (κ3) is 3.49.